The predicted octanol–water partition coefficient (Wildman–Crippen LogP) is 0.594. The van der Waals surface area contributed by atoms with Gasteiger partial charge in [-0.3, -0.25) is 4.79 Å². The highest BCUT2D eigenvalue weighted by atomic mass is 32.2. The molecule has 17 heavy (non-hydrogen) atoms. The molecule has 94 valence electrons. The van der Waals surface area contributed by atoms with Crippen molar-refractivity contribution in [1.82, 2.24) is 5.16 Å². The fraction of sp³-hybridized carbons (Fsp3) is 0.600. The molecule has 1 aliphatic heterocycles. The summed E-state index contributed by atoms with van der Waals surface area (Å²) in [5.41, 5.74) is 0.543. The van der Waals surface area contributed by atoms with Crippen molar-refractivity contribution in [2.45, 2.75) is 25.2 Å². The Bertz CT molecular complexity index is 505. The molecule has 1 N–H and O–H groups in total. The SMILES string of the molecule is O=C(O)Cc1cnoc1C1CCS(=O)(=O)CC1. The van der Waals surface area contributed by atoms with Crippen LogP contribution in [-0.2, 0) is 21.1 Å². The molecule has 0 unspecified atom stereocenters. The number of rotatable bonds is 3. The molecule has 0 bridgehead atoms. The lowest BCUT2D eigenvalue weighted by atomic mass is 9.96. The van der Waals surface area contributed by atoms with Crippen LogP contribution in [0.1, 0.15) is 30.1 Å². The number of carbonyl (C=O) groups is 1. The first-order valence-corrected chi connectivity index (χ1v) is 7.16. The van der Waals surface area contributed by atoms with Crippen molar-refractivity contribution < 1.29 is 22.8 Å². The van der Waals surface area contributed by atoms with Crippen LogP contribution in [-0.4, -0.2) is 36.2 Å². The second kappa shape index (κ2) is 4.48. The van der Waals surface area contributed by atoms with Gasteiger partial charge in [0.2, 0.25) is 0 Å². The summed E-state index contributed by atoms with van der Waals surface area (Å²) < 4.78 is 27.6. The summed E-state index contributed by atoms with van der Waals surface area (Å²) in [4.78, 5) is 10.6. The Balaban J connectivity index is 2.13. The molecule has 0 radical (unpaired) electrons. The number of nitrogens with zero attached hydrogens (tertiary/aromatic N) is 1. The number of aliphatic carboxylic acids is 1. The van der Waals surface area contributed by atoms with Crippen molar-refractivity contribution in [3.8, 4) is 0 Å². The Morgan fingerprint density at radius 1 is 1.47 bits per heavy atom. The van der Waals surface area contributed by atoms with E-state index in [1.165, 1.54) is 6.20 Å². The lowest BCUT2D eigenvalue weighted by Gasteiger charge is -2.20. The summed E-state index contributed by atoms with van der Waals surface area (Å²) in [5.74, 6) is -0.189. The van der Waals surface area contributed by atoms with Gasteiger partial charge in [-0.25, -0.2) is 8.42 Å². The first-order chi connectivity index (χ1) is 7.98. The zero-order valence-electron chi connectivity index (χ0n) is 9.13. The van der Waals surface area contributed by atoms with Crippen LogP contribution in [0.3, 0.4) is 0 Å². The maximum atomic E-state index is 11.3. The summed E-state index contributed by atoms with van der Waals surface area (Å²) in [6.07, 6.45) is 2.21. The molecule has 7 heteroatoms. The standard InChI is InChI=1S/C10H13NO5S/c12-9(13)5-8-6-11-16-10(8)7-1-3-17(14,15)4-2-7/h6-7H,1-5H2,(H,12,13). The molecule has 0 saturated carbocycles. The van der Waals surface area contributed by atoms with Gasteiger partial charge < -0.3 is 9.63 Å². The van der Waals surface area contributed by atoms with Crippen molar-refractivity contribution in [2.75, 3.05) is 11.5 Å². The average molecular weight is 259 g/mol. The molecule has 0 spiro atoms. The van der Waals surface area contributed by atoms with Crippen molar-refractivity contribution in [3.63, 3.8) is 0 Å². The molecule has 1 aromatic heterocycles. The van der Waals surface area contributed by atoms with Crippen LogP contribution in [0.5, 0.6) is 0 Å². The Morgan fingerprint density at radius 2 is 2.12 bits per heavy atom. The molecule has 1 aromatic rings. The zero-order chi connectivity index (χ0) is 12.5. The van der Waals surface area contributed by atoms with Crippen molar-refractivity contribution in [3.05, 3.63) is 17.5 Å². The summed E-state index contributed by atoms with van der Waals surface area (Å²) in [6, 6.07) is 0. The third kappa shape index (κ3) is 2.85. The van der Waals surface area contributed by atoms with E-state index >= 15 is 0 Å². The maximum absolute atomic E-state index is 11.3. The predicted molar refractivity (Wildman–Crippen MR) is 58.5 cm³/mol. The summed E-state index contributed by atoms with van der Waals surface area (Å²) in [5, 5.41) is 12.3. The topological polar surface area (TPSA) is 97.5 Å². The Kier molecular flexibility index (Phi) is 3.19. The number of sulfone groups is 1. The van der Waals surface area contributed by atoms with Gasteiger partial charge >= 0.3 is 5.97 Å². The number of hydrogen-bond donors (Lipinski definition) is 1. The van der Waals surface area contributed by atoms with Gasteiger partial charge in [0.25, 0.3) is 0 Å². The van der Waals surface area contributed by atoms with Gasteiger partial charge in [-0.15, -0.1) is 0 Å². The van der Waals surface area contributed by atoms with E-state index in [-0.39, 0.29) is 23.8 Å². The highest BCUT2D eigenvalue weighted by Gasteiger charge is 2.29. The lowest BCUT2D eigenvalue weighted by molar-refractivity contribution is -0.136. The molecular weight excluding hydrogens is 246 g/mol. The van der Waals surface area contributed by atoms with Crippen LogP contribution in [0, 0.1) is 0 Å². The number of carboxylic acids is 1. The van der Waals surface area contributed by atoms with Gasteiger partial charge in [-0.2, -0.15) is 0 Å². The van der Waals surface area contributed by atoms with E-state index in [4.69, 9.17) is 9.63 Å². The van der Waals surface area contributed by atoms with E-state index in [0.29, 0.717) is 24.2 Å². The Hall–Kier alpha value is -1.37. The van der Waals surface area contributed by atoms with Crippen LogP contribution in [0.25, 0.3) is 0 Å². The van der Waals surface area contributed by atoms with E-state index in [2.05, 4.69) is 5.16 Å². The molecule has 0 aliphatic carbocycles. The van der Waals surface area contributed by atoms with Crippen LogP contribution < -0.4 is 0 Å². The van der Waals surface area contributed by atoms with E-state index in [9.17, 15) is 13.2 Å². The number of hydrogen-bond acceptors (Lipinski definition) is 5. The minimum atomic E-state index is -2.92. The van der Waals surface area contributed by atoms with Gasteiger partial charge in [0.1, 0.15) is 15.6 Å². The second-order valence-corrected chi connectivity index (χ2v) is 6.52. The second-order valence-electron chi connectivity index (χ2n) is 4.21. The molecule has 6 nitrogen and oxygen atoms in total. The summed E-state index contributed by atoms with van der Waals surface area (Å²) in [7, 11) is -2.92. The van der Waals surface area contributed by atoms with Crippen LogP contribution >= 0.6 is 0 Å². The normalized spacial score (nSPS) is 20.2. The van der Waals surface area contributed by atoms with Crippen molar-refractivity contribution in [1.29, 1.82) is 0 Å². The zero-order valence-corrected chi connectivity index (χ0v) is 9.94. The highest BCUT2D eigenvalue weighted by molar-refractivity contribution is 7.91. The molecule has 2 rings (SSSR count). The minimum absolute atomic E-state index is 0.0321. The van der Waals surface area contributed by atoms with Gasteiger partial charge in [-0.05, 0) is 12.8 Å². The average Bonchev–Trinajstić information content (AvgIpc) is 2.65. The molecule has 1 fully saturated rings. The van der Waals surface area contributed by atoms with E-state index < -0.39 is 15.8 Å². The Morgan fingerprint density at radius 3 is 2.71 bits per heavy atom. The van der Waals surface area contributed by atoms with Gasteiger partial charge in [-0.1, -0.05) is 5.16 Å². The fourth-order valence-electron chi connectivity index (χ4n) is 2.05. The quantitative estimate of drug-likeness (QED) is 0.853. The molecular formula is C10H13NO5S. The van der Waals surface area contributed by atoms with E-state index in [1.54, 1.807) is 0 Å². The van der Waals surface area contributed by atoms with Gasteiger partial charge in [0, 0.05) is 11.5 Å². The van der Waals surface area contributed by atoms with Crippen LogP contribution in [0.2, 0.25) is 0 Å². The van der Waals surface area contributed by atoms with E-state index in [1.807, 2.05) is 0 Å². The molecule has 1 aliphatic rings. The minimum Gasteiger partial charge on any atom is -0.481 e. The highest BCUT2D eigenvalue weighted by Crippen LogP contribution is 2.31. The monoisotopic (exact) mass is 259 g/mol. The summed E-state index contributed by atoms with van der Waals surface area (Å²) in [6.45, 7) is 0. The first-order valence-electron chi connectivity index (χ1n) is 5.33. The molecule has 0 atom stereocenters. The smallest absolute Gasteiger partial charge is 0.308 e. The Labute approximate surface area is 98.5 Å². The third-order valence-electron chi connectivity index (χ3n) is 2.94. The maximum Gasteiger partial charge on any atom is 0.308 e. The number of aromatic nitrogens is 1. The fourth-order valence-corrected chi connectivity index (χ4v) is 3.55. The van der Waals surface area contributed by atoms with Crippen LogP contribution in [0.4, 0.5) is 0 Å². The molecule has 0 amide bonds. The largest absolute Gasteiger partial charge is 0.481 e. The lowest BCUT2D eigenvalue weighted by Crippen LogP contribution is -2.22. The summed E-state index contributed by atoms with van der Waals surface area (Å²) >= 11 is 0. The molecule has 0 aromatic carbocycles. The van der Waals surface area contributed by atoms with Crippen LogP contribution in [0.15, 0.2) is 10.7 Å². The first kappa shape index (κ1) is 12.1. The van der Waals surface area contributed by atoms with Crippen molar-refractivity contribution >= 4 is 15.8 Å². The third-order valence-corrected chi connectivity index (χ3v) is 4.66. The molecule has 1 saturated heterocycles. The van der Waals surface area contributed by atoms with Gasteiger partial charge in [0.05, 0.1) is 24.1 Å². The molecule has 2 heterocycles. The number of carboxylic acid groups (broad SMARTS) is 1. The van der Waals surface area contributed by atoms with E-state index in [0.717, 1.165) is 0 Å². The van der Waals surface area contributed by atoms with Crippen molar-refractivity contribution in [2.24, 2.45) is 0 Å². The van der Waals surface area contributed by atoms with Gasteiger partial charge in [0.15, 0.2) is 0 Å².